The van der Waals surface area contributed by atoms with Crippen LogP contribution < -0.4 is 5.32 Å². The lowest BCUT2D eigenvalue weighted by Gasteiger charge is -2.26. The maximum absolute atomic E-state index is 12.7. The molecule has 0 bridgehead atoms. The molecular weight excluding hydrogens is 358 g/mol. The molecular formula is C18H26ClN3O4. The van der Waals surface area contributed by atoms with Gasteiger partial charge in [0, 0.05) is 31.9 Å². The van der Waals surface area contributed by atoms with Gasteiger partial charge in [0.25, 0.3) is 5.91 Å². The van der Waals surface area contributed by atoms with Crippen molar-refractivity contribution in [1.82, 2.24) is 9.80 Å². The first-order chi connectivity index (χ1) is 12.1. The zero-order valence-corrected chi connectivity index (χ0v) is 16.5. The molecule has 0 saturated heterocycles. The van der Waals surface area contributed by atoms with E-state index in [1.807, 2.05) is 20.8 Å². The minimum Gasteiger partial charge on any atom is -0.481 e. The molecule has 0 aliphatic heterocycles. The van der Waals surface area contributed by atoms with E-state index in [0.29, 0.717) is 22.8 Å². The Hall–Kier alpha value is -2.28. The van der Waals surface area contributed by atoms with E-state index in [1.165, 1.54) is 24.9 Å². The number of urea groups is 1. The fraction of sp³-hybridized carbons (Fsp3) is 0.500. The van der Waals surface area contributed by atoms with E-state index in [9.17, 15) is 14.4 Å². The van der Waals surface area contributed by atoms with Crippen molar-refractivity contribution < 1.29 is 19.5 Å². The monoisotopic (exact) mass is 383 g/mol. The van der Waals surface area contributed by atoms with E-state index in [4.69, 9.17) is 16.7 Å². The molecule has 0 heterocycles. The van der Waals surface area contributed by atoms with Crippen LogP contribution >= 0.6 is 11.6 Å². The van der Waals surface area contributed by atoms with Gasteiger partial charge in [-0.2, -0.15) is 0 Å². The van der Waals surface area contributed by atoms with E-state index in [2.05, 4.69) is 5.32 Å². The van der Waals surface area contributed by atoms with Crippen LogP contribution in [0.3, 0.4) is 0 Å². The lowest BCUT2D eigenvalue weighted by molar-refractivity contribution is -0.141. The normalized spacial score (nSPS) is 11.8. The maximum atomic E-state index is 12.7. The van der Waals surface area contributed by atoms with Crippen LogP contribution in [0.15, 0.2) is 18.2 Å². The average molecular weight is 384 g/mol. The lowest BCUT2D eigenvalue weighted by atomic mass is 10.1. The van der Waals surface area contributed by atoms with Crippen molar-refractivity contribution in [3.05, 3.63) is 28.8 Å². The summed E-state index contributed by atoms with van der Waals surface area (Å²) in [5, 5.41) is 11.9. The molecule has 26 heavy (non-hydrogen) atoms. The largest absolute Gasteiger partial charge is 0.481 e. The van der Waals surface area contributed by atoms with E-state index in [0.717, 1.165) is 0 Å². The van der Waals surface area contributed by atoms with Gasteiger partial charge >= 0.3 is 12.0 Å². The second-order valence-electron chi connectivity index (χ2n) is 6.43. The van der Waals surface area contributed by atoms with Crippen molar-refractivity contribution in [3.63, 3.8) is 0 Å². The number of carboxylic acid groups (broad SMARTS) is 1. The van der Waals surface area contributed by atoms with E-state index in [-0.39, 0.29) is 18.5 Å². The zero-order chi connectivity index (χ0) is 20.0. The van der Waals surface area contributed by atoms with Crippen LogP contribution in [0.4, 0.5) is 10.5 Å². The molecule has 0 aromatic heterocycles. The molecule has 1 unspecified atom stereocenters. The number of carbonyl (C=O) groups is 3. The third kappa shape index (κ3) is 5.62. The van der Waals surface area contributed by atoms with Crippen LogP contribution in [0.1, 0.15) is 38.1 Å². The van der Waals surface area contributed by atoms with E-state index >= 15 is 0 Å². The SMILES string of the molecule is CCN(C(=O)c1cc(NC(=O)N(C)CC(C)C(=O)O)ccc1Cl)C(C)C. The molecule has 1 aromatic rings. The number of hydrogen-bond donors (Lipinski definition) is 2. The minimum atomic E-state index is -0.975. The number of nitrogens with one attached hydrogen (secondary N) is 1. The van der Waals surface area contributed by atoms with Gasteiger partial charge in [0.15, 0.2) is 0 Å². The van der Waals surface area contributed by atoms with E-state index < -0.39 is 17.9 Å². The molecule has 0 aliphatic carbocycles. The van der Waals surface area contributed by atoms with Crippen LogP contribution in [0, 0.1) is 5.92 Å². The van der Waals surface area contributed by atoms with Gasteiger partial charge in [-0.1, -0.05) is 18.5 Å². The highest BCUT2D eigenvalue weighted by Gasteiger charge is 2.21. The Balaban J connectivity index is 2.94. The van der Waals surface area contributed by atoms with Crippen LogP contribution in [-0.2, 0) is 4.79 Å². The number of amides is 3. The highest BCUT2D eigenvalue weighted by atomic mass is 35.5. The summed E-state index contributed by atoms with van der Waals surface area (Å²) in [5.41, 5.74) is 0.721. The first-order valence-corrected chi connectivity index (χ1v) is 8.81. The van der Waals surface area contributed by atoms with Crippen LogP contribution in [0.5, 0.6) is 0 Å². The molecule has 0 saturated carbocycles. The number of aliphatic carboxylic acids is 1. The fourth-order valence-corrected chi connectivity index (χ4v) is 2.65. The molecule has 3 amide bonds. The number of anilines is 1. The van der Waals surface area contributed by atoms with Crippen LogP contribution in [-0.4, -0.2) is 59.0 Å². The Kier molecular flexibility index (Phi) is 7.89. The summed E-state index contributed by atoms with van der Waals surface area (Å²) in [6.07, 6.45) is 0. The van der Waals surface area contributed by atoms with Gasteiger partial charge in [0.2, 0.25) is 0 Å². The summed E-state index contributed by atoms with van der Waals surface area (Å²) in [7, 11) is 1.51. The zero-order valence-electron chi connectivity index (χ0n) is 15.7. The number of hydrogen-bond acceptors (Lipinski definition) is 3. The molecule has 7 nitrogen and oxygen atoms in total. The summed E-state index contributed by atoms with van der Waals surface area (Å²) < 4.78 is 0. The summed E-state index contributed by atoms with van der Waals surface area (Å²) in [6.45, 7) is 7.85. The smallest absolute Gasteiger partial charge is 0.321 e. The number of carbonyl (C=O) groups excluding carboxylic acids is 2. The Morgan fingerprint density at radius 1 is 1.23 bits per heavy atom. The number of rotatable bonds is 7. The fourth-order valence-electron chi connectivity index (χ4n) is 2.46. The van der Waals surface area contributed by atoms with Gasteiger partial charge in [-0.3, -0.25) is 9.59 Å². The Bertz CT molecular complexity index is 678. The Morgan fingerprint density at radius 3 is 2.35 bits per heavy atom. The summed E-state index contributed by atoms with van der Waals surface area (Å²) in [6, 6.07) is 4.23. The molecule has 8 heteroatoms. The van der Waals surface area contributed by atoms with Crippen LogP contribution in [0.2, 0.25) is 5.02 Å². The predicted octanol–water partition coefficient (Wildman–Crippen LogP) is 3.39. The lowest BCUT2D eigenvalue weighted by Crippen LogP contribution is -2.37. The van der Waals surface area contributed by atoms with Gasteiger partial charge in [0.05, 0.1) is 16.5 Å². The number of carboxylic acids is 1. The van der Waals surface area contributed by atoms with Crippen LogP contribution in [0.25, 0.3) is 0 Å². The molecule has 0 radical (unpaired) electrons. The molecule has 2 N–H and O–H groups in total. The molecule has 1 atom stereocenters. The van der Waals surface area contributed by atoms with Gasteiger partial charge in [-0.15, -0.1) is 0 Å². The van der Waals surface area contributed by atoms with Gasteiger partial charge < -0.3 is 20.2 Å². The summed E-state index contributed by atoms with van der Waals surface area (Å²) in [5.74, 6) is -1.87. The Labute approximate surface area is 158 Å². The number of benzene rings is 1. The molecule has 144 valence electrons. The summed E-state index contributed by atoms with van der Waals surface area (Å²) >= 11 is 6.16. The average Bonchev–Trinajstić information content (AvgIpc) is 2.56. The van der Waals surface area contributed by atoms with Crippen molar-refractivity contribution in [3.8, 4) is 0 Å². The van der Waals surface area contributed by atoms with Gasteiger partial charge in [0.1, 0.15) is 0 Å². The molecule has 0 fully saturated rings. The van der Waals surface area contributed by atoms with Gasteiger partial charge in [-0.25, -0.2) is 4.79 Å². The predicted molar refractivity (Wildman–Crippen MR) is 102 cm³/mol. The molecule has 1 rings (SSSR count). The number of halogens is 1. The minimum absolute atomic E-state index is 0.0189. The Morgan fingerprint density at radius 2 is 1.85 bits per heavy atom. The molecule has 0 spiro atoms. The maximum Gasteiger partial charge on any atom is 0.321 e. The van der Waals surface area contributed by atoms with Crippen molar-refractivity contribution in [2.45, 2.75) is 33.7 Å². The number of nitrogens with zero attached hydrogens (tertiary/aromatic N) is 2. The first kappa shape index (κ1) is 21.8. The molecule has 0 aliphatic rings. The van der Waals surface area contributed by atoms with E-state index in [1.54, 1.807) is 17.0 Å². The second kappa shape index (κ2) is 9.43. The standard InChI is InChI=1S/C18H26ClN3O4/c1-6-22(11(2)3)16(23)14-9-13(7-8-15(14)19)20-18(26)21(5)10-12(4)17(24)25/h7-9,11-12H,6,10H2,1-5H3,(H,20,26)(H,24,25). The first-order valence-electron chi connectivity index (χ1n) is 8.43. The second-order valence-corrected chi connectivity index (χ2v) is 6.84. The highest BCUT2D eigenvalue weighted by molar-refractivity contribution is 6.34. The summed E-state index contributed by atoms with van der Waals surface area (Å²) in [4.78, 5) is 38.8. The third-order valence-electron chi connectivity index (χ3n) is 3.99. The van der Waals surface area contributed by atoms with Crippen molar-refractivity contribution >= 4 is 35.2 Å². The van der Waals surface area contributed by atoms with Crippen molar-refractivity contribution in [1.29, 1.82) is 0 Å². The van der Waals surface area contributed by atoms with Crippen molar-refractivity contribution in [2.75, 3.05) is 25.5 Å². The topological polar surface area (TPSA) is 90.0 Å². The van der Waals surface area contributed by atoms with Gasteiger partial charge in [-0.05, 0) is 39.0 Å². The van der Waals surface area contributed by atoms with Crippen molar-refractivity contribution in [2.24, 2.45) is 5.92 Å². The quantitative estimate of drug-likeness (QED) is 0.755. The molecule has 1 aromatic carbocycles. The highest BCUT2D eigenvalue weighted by Crippen LogP contribution is 2.23. The third-order valence-corrected chi connectivity index (χ3v) is 4.32.